The van der Waals surface area contributed by atoms with E-state index in [9.17, 15) is 4.79 Å². The number of fused-ring (bicyclic) bond motifs is 1. The maximum Gasteiger partial charge on any atom is 0.319 e. The highest BCUT2D eigenvalue weighted by Gasteiger charge is 2.16. The molecule has 0 saturated heterocycles. The maximum atomic E-state index is 12.4. The minimum atomic E-state index is -0.403. The molecule has 0 aliphatic rings. The van der Waals surface area contributed by atoms with Crippen molar-refractivity contribution in [2.75, 3.05) is 18.5 Å². The summed E-state index contributed by atoms with van der Waals surface area (Å²) in [6, 6.07) is 9.29. The van der Waals surface area contributed by atoms with Crippen LogP contribution in [0.4, 0.5) is 5.69 Å². The number of hydrogen-bond donors (Lipinski definition) is 1. The number of benzene rings is 1. The van der Waals surface area contributed by atoms with Crippen molar-refractivity contribution >= 4 is 22.6 Å². The van der Waals surface area contributed by atoms with Crippen molar-refractivity contribution in [3.63, 3.8) is 0 Å². The molecule has 2 heterocycles. The second kappa shape index (κ2) is 6.99. The fraction of sp³-hybridized carbons (Fsp3) is 0.235. The van der Waals surface area contributed by atoms with Crippen LogP contribution in [-0.2, 0) is 0 Å². The van der Waals surface area contributed by atoms with E-state index >= 15 is 0 Å². The zero-order chi connectivity index (χ0) is 16.9. The zero-order valence-electron chi connectivity index (χ0n) is 13.4. The topological polar surface area (TPSA) is 86.5 Å². The first-order chi connectivity index (χ1) is 11.7. The van der Waals surface area contributed by atoms with E-state index < -0.39 is 5.91 Å². The summed E-state index contributed by atoms with van der Waals surface area (Å²) in [6.07, 6.45) is 1.45. The van der Waals surface area contributed by atoms with E-state index in [0.717, 1.165) is 5.39 Å². The van der Waals surface area contributed by atoms with Gasteiger partial charge in [-0.15, -0.1) is 0 Å². The Morgan fingerprint density at radius 2 is 2.00 bits per heavy atom. The van der Waals surface area contributed by atoms with E-state index in [-0.39, 0.29) is 17.7 Å². The van der Waals surface area contributed by atoms with Crippen molar-refractivity contribution in [3.05, 3.63) is 42.3 Å². The number of para-hydroxylation sites is 1. The van der Waals surface area contributed by atoms with Crippen molar-refractivity contribution in [2.45, 2.75) is 13.8 Å². The molecule has 0 unspecified atom stereocenters. The van der Waals surface area contributed by atoms with Crippen LogP contribution in [0.2, 0.25) is 0 Å². The van der Waals surface area contributed by atoms with Crippen LogP contribution >= 0.6 is 0 Å². The molecule has 2 aromatic heterocycles. The first kappa shape index (κ1) is 15.8. The highest BCUT2D eigenvalue weighted by Crippen LogP contribution is 2.25. The van der Waals surface area contributed by atoms with Crippen LogP contribution in [0.5, 0.6) is 11.9 Å². The van der Waals surface area contributed by atoms with Gasteiger partial charge in [0.1, 0.15) is 11.3 Å². The van der Waals surface area contributed by atoms with Crippen molar-refractivity contribution in [1.82, 2.24) is 9.97 Å². The van der Waals surface area contributed by atoms with Gasteiger partial charge in [0.15, 0.2) is 5.76 Å². The minimum absolute atomic E-state index is 0.197. The Bertz CT molecular complexity index is 827. The Balaban J connectivity index is 1.84. The number of anilines is 1. The Morgan fingerprint density at radius 3 is 2.75 bits per heavy atom. The van der Waals surface area contributed by atoms with Crippen LogP contribution in [0.25, 0.3) is 11.0 Å². The monoisotopic (exact) mass is 327 g/mol. The van der Waals surface area contributed by atoms with E-state index in [1.54, 1.807) is 12.1 Å². The third-order valence-electron chi connectivity index (χ3n) is 3.18. The van der Waals surface area contributed by atoms with Gasteiger partial charge in [0, 0.05) is 5.39 Å². The lowest BCUT2D eigenvalue weighted by Gasteiger charge is -2.10. The standard InChI is InChI=1S/C17H17N3O4/c1-3-22-16-12(10-18-17(20-16)23-4-2)19-15(21)14-9-11-7-5-6-8-13(11)24-14/h5-10H,3-4H2,1-2H3,(H,19,21). The molecule has 24 heavy (non-hydrogen) atoms. The number of furan rings is 1. The number of ether oxygens (including phenoxy) is 2. The predicted molar refractivity (Wildman–Crippen MR) is 88.5 cm³/mol. The first-order valence-corrected chi connectivity index (χ1v) is 7.63. The van der Waals surface area contributed by atoms with Crippen LogP contribution < -0.4 is 14.8 Å². The molecule has 0 fully saturated rings. The van der Waals surface area contributed by atoms with E-state index in [0.29, 0.717) is 24.5 Å². The molecule has 3 rings (SSSR count). The molecule has 7 nitrogen and oxygen atoms in total. The highest BCUT2D eigenvalue weighted by atomic mass is 16.5. The molecular formula is C17H17N3O4. The Morgan fingerprint density at radius 1 is 1.21 bits per heavy atom. The first-order valence-electron chi connectivity index (χ1n) is 7.63. The summed E-state index contributed by atoms with van der Waals surface area (Å²) in [7, 11) is 0. The van der Waals surface area contributed by atoms with Crippen LogP contribution in [0.1, 0.15) is 24.4 Å². The van der Waals surface area contributed by atoms with Gasteiger partial charge < -0.3 is 19.2 Å². The molecule has 0 spiro atoms. The van der Waals surface area contributed by atoms with Gasteiger partial charge in [-0.05, 0) is 26.0 Å². The van der Waals surface area contributed by atoms with Gasteiger partial charge in [-0.1, -0.05) is 18.2 Å². The number of amides is 1. The predicted octanol–water partition coefficient (Wildman–Crippen LogP) is 3.27. The summed E-state index contributed by atoms with van der Waals surface area (Å²) < 4.78 is 16.2. The quantitative estimate of drug-likeness (QED) is 0.748. The molecule has 0 radical (unpaired) electrons. The Kier molecular flexibility index (Phi) is 4.60. The van der Waals surface area contributed by atoms with Crippen molar-refractivity contribution < 1.29 is 18.7 Å². The number of nitrogens with zero attached hydrogens (tertiary/aromatic N) is 2. The second-order valence-electron chi connectivity index (χ2n) is 4.84. The summed E-state index contributed by atoms with van der Waals surface area (Å²) in [6.45, 7) is 4.50. The van der Waals surface area contributed by atoms with Crippen molar-refractivity contribution in [2.24, 2.45) is 0 Å². The van der Waals surface area contributed by atoms with Crippen molar-refractivity contribution in [3.8, 4) is 11.9 Å². The SMILES string of the molecule is CCOc1ncc(NC(=O)c2cc3ccccc3o2)c(OCC)n1. The third kappa shape index (κ3) is 3.29. The van der Waals surface area contributed by atoms with Gasteiger partial charge in [0.2, 0.25) is 5.88 Å². The zero-order valence-corrected chi connectivity index (χ0v) is 13.4. The van der Waals surface area contributed by atoms with Crippen LogP contribution in [-0.4, -0.2) is 29.1 Å². The highest BCUT2D eigenvalue weighted by molar-refractivity contribution is 6.05. The Labute approximate surface area is 138 Å². The fourth-order valence-electron chi connectivity index (χ4n) is 2.16. The van der Waals surface area contributed by atoms with E-state index in [1.807, 2.05) is 32.0 Å². The number of carbonyl (C=O) groups excluding carboxylic acids is 1. The summed E-state index contributed by atoms with van der Waals surface area (Å²) in [5.74, 6) is 0.0489. The van der Waals surface area contributed by atoms with Crippen LogP contribution in [0.3, 0.4) is 0 Å². The lowest BCUT2D eigenvalue weighted by molar-refractivity contribution is 0.0998. The summed E-state index contributed by atoms with van der Waals surface area (Å²) >= 11 is 0. The average molecular weight is 327 g/mol. The Hall–Kier alpha value is -3.09. The maximum absolute atomic E-state index is 12.4. The summed E-state index contributed by atoms with van der Waals surface area (Å²) in [5.41, 5.74) is 1.00. The lowest BCUT2D eigenvalue weighted by Crippen LogP contribution is -2.13. The molecule has 0 bridgehead atoms. The number of nitrogens with one attached hydrogen (secondary N) is 1. The second-order valence-corrected chi connectivity index (χ2v) is 4.84. The number of rotatable bonds is 6. The molecule has 3 aromatic rings. The number of carbonyl (C=O) groups is 1. The largest absolute Gasteiger partial charge is 0.476 e. The van der Waals surface area contributed by atoms with Gasteiger partial charge in [-0.3, -0.25) is 4.79 Å². The molecule has 1 N–H and O–H groups in total. The third-order valence-corrected chi connectivity index (χ3v) is 3.18. The molecule has 0 atom stereocenters. The molecule has 1 aromatic carbocycles. The van der Waals surface area contributed by atoms with Crippen LogP contribution in [0.15, 0.2) is 40.9 Å². The molecule has 0 aliphatic heterocycles. The van der Waals surface area contributed by atoms with E-state index in [1.165, 1.54) is 6.20 Å². The van der Waals surface area contributed by atoms with Gasteiger partial charge in [0.05, 0.1) is 19.4 Å². The summed E-state index contributed by atoms with van der Waals surface area (Å²) in [4.78, 5) is 20.6. The minimum Gasteiger partial charge on any atom is -0.476 e. The number of hydrogen-bond acceptors (Lipinski definition) is 6. The molecular weight excluding hydrogens is 310 g/mol. The normalized spacial score (nSPS) is 10.6. The summed E-state index contributed by atoms with van der Waals surface area (Å²) in [5, 5.41) is 3.56. The molecule has 124 valence electrons. The number of aromatic nitrogens is 2. The molecule has 0 saturated carbocycles. The van der Waals surface area contributed by atoms with E-state index in [2.05, 4.69) is 15.3 Å². The van der Waals surface area contributed by atoms with Gasteiger partial charge in [-0.25, -0.2) is 4.98 Å². The molecule has 0 aliphatic carbocycles. The van der Waals surface area contributed by atoms with E-state index in [4.69, 9.17) is 13.9 Å². The average Bonchev–Trinajstić information content (AvgIpc) is 3.02. The van der Waals surface area contributed by atoms with Crippen molar-refractivity contribution in [1.29, 1.82) is 0 Å². The smallest absolute Gasteiger partial charge is 0.319 e. The van der Waals surface area contributed by atoms with Gasteiger partial charge >= 0.3 is 6.01 Å². The fourth-order valence-corrected chi connectivity index (χ4v) is 2.16. The van der Waals surface area contributed by atoms with Crippen LogP contribution in [0, 0.1) is 0 Å². The molecule has 1 amide bonds. The van der Waals surface area contributed by atoms with Gasteiger partial charge in [-0.2, -0.15) is 4.98 Å². The molecule has 7 heteroatoms. The van der Waals surface area contributed by atoms with Gasteiger partial charge in [0.25, 0.3) is 5.91 Å². The lowest BCUT2D eigenvalue weighted by atomic mass is 10.2.